The maximum absolute atomic E-state index is 12.7. The fourth-order valence-electron chi connectivity index (χ4n) is 3.20. The Balaban J connectivity index is 1.43. The Kier molecular flexibility index (Phi) is 4.73. The molecule has 0 unspecified atom stereocenters. The lowest BCUT2D eigenvalue weighted by atomic mass is 10.1. The van der Waals surface area contributed by atoms with Gasteiger partial charge in [0.25, 0.3) is 11.5 Å². The number of hydrogen-bond acceptors (Lipinski definition) is 4. The van der Waals surface area contributed by atoms with E-state index >= 15 is 0 Å². The molecule has 0 saturated carbocycles. The van der Waals surface area contributed by atoms with Gasteiger partial charge in [0.2, 0.25) is 5.88 Å². The zero-order valence-electron chi connectivity index (χ0n) is 16.0. The van der Waals surface area contributed by atoms with Gasteiger partial charge in [-0.1, -0.05) is 17.7 Å². The number of ether oxygens (including phenoxy) is 1. The minimum Gasteiger partial charge on any atom is -0.472 e. The largest absolute Gasteiger partial charge is 0.472 e. The quantitative estimate of drug-likeness (QED) is 0.697. The van der Waals surface area contributed by atoms with Gasteiger partial charge in [-0.3, -0.25) is 14.3 Å². The fourth-order valence-corrected chi connectivity index (χ4v) is 3.20. The number of carbonyl (C=O) groups is 1. The van der Waals surface area contributed by atoms with Crippen LogP contribution in [0.25, 0.3) is 0 Å². The molecule has 1 aliphatic rings. The first kappa shape index (κ1) is 18.0. The molecule has 28 heavy (non-hydrogen) atoms. The summed E-state index contributed by atoms with van der Waals surface area (Å²) in [6, 6.07) is 12.9. The maximum atomic E-state index is 12.7. The molecular formula is C21H22N4O3. The third kappa shape index (κ3) is 3.69. The molecule has 0 aliphatic carbocycles. The van der Waals surface area contributed by atoms with E-state index in [2.05, 4.69) is 5.10 Å². The van der Waals surface area contributed by atoms with Gasteiger partial charge < -0.3 is 14.2 Å². The molecule has 7 heteroatoms. The van der Waals surface area contributed by atoms with Crippen molar-refractivity contribution < 1.29 is 9.53 Å². The first-order valence-corrected chi connectivity index (χ1v) is 9.20. The van der Waals surface area contributed by atoms with Crippen molar-refractivity contribution in [2.24, 2.45) is 7.05 Å². The summed E-state index contributed by atoms with van der Waals surface area (Å²) in [4.78, 5) is 26.3. The number of aromatic nitrogens is 3. The van der Waals surface area contributed by atoms with Gasteiger partial charge in [-0.05, 0) is 30.7 Å². The first-order chi connectivity index (χ1) is 13.5. The molecule has 1 aliphatic heterocycles. The molecule has 3 heterocycles. The fraction of sp³-hybridized carbons (Fsp3) is 0.286. The minimum absolute atomic E-state index is 0.0232. The van der Waals surface area contributed by atoms with Crippen molar-refractivity contribution in [3.8, 4) is 5.88 Å². The summed E-state index contributed by atoms with van der Waals surface area (Å²) in [7, 11) is 1.71. The van der Waals surface area contributed by atoms with Crippen LogP contribution in [0.2, 0.25) is 0 Å². The summed E-state index contributed by atoms with van der Waals surface area (Å²) in [6.45, 7) is 4.01. The van der Waals surface area contributed by atoms with E-state index in [-0.39, 0.29) is 18.1 Å². The van der Waals surface area contributed by atoms with Crippen LogP contribution in [0, 0.1) is 6.92 Å². The molecule has 1 aromatic carbocycles. The summed E-state index contributed by atoms with van der Waals surface area (Å²) in [5, 5.41) is 4.46. The highest BCUT2D eigenvalue weighted by Gasteiger charge is 2.23. The second kappa shape index (κ2) is 7.34. The molecule has 2 aromatic heterocycles. The van der Waals surface area contributed by atoms with E-state index in [1.54, 1.807) is 19.3 Å². The Labute approximate surface area is 162 Å². The van der Waals surface area contributed by atoms with E-state index in [1.807, 2.05) is 52.9 Å². The first-order valence-electron chi connectivity index (χ1n) is 9.20. The van der Waals surface area contributed by atoms with Crippen molar-refractivity contribution in [1.82, 2.24) is 19.2 Å². The summed E-state index contributed by atoms with van der Waals surface area (Å²) in [6.07, 6.45) is 1.72. The molecule has 0 fully saturated rings. The highest BCUT2D eigenvalue weighted by Crippen LogP contribution is 2.20. The van der Waals surface area contributed by atoms with Crippen molar-refractivity contribution in [2.45, 2.75) is 26.6 Å². The highest BCUT2D eigenvalue weighted by atomic mass is 16.5. The predicted octanol–water partition coefficient (Wildman–Crippen LogP) is 2.13. The van der Waals surface area contributed by atoms with Gasteiger partial charge in [-0.2, -0.15) is 0 Å². The molecule has 4 rings (SSSR count). The zero-order chi connectivity index (χ0) is 19.7. The third-order valence-corrected chi connectivity index (χ3v) is 4.92. The van der Waals surface area contributed by atoms with Crippen LogP contribution in [0.1, 0.15) is 27.2 Å². The number of hydrogen-bond donors (Lipinski definition) is 0. The minimum atomic E-state index is -0.0736. The molecule has 3 aromatic rings. The summed E-state index contributed by atoms with van der Waals surface area (Å²) < 4.78 is 9.14. The summed E-state index contributed by atoms with van der Waals surface area (Å²) in [5.41, 5.74) is 3.48. The SMILES string of the molecule is Cc1ccc(C(=O)N2CCn3nc(OCc4ccn(C)c(=O)c4)cc3C2)cc1. The van der Waals surface area contributed by atoms with Crippen LogP contribution in [-0.4, -0.2) is 31.7 Å². The number of pyridine rings is 1. The van der Waals surface area contributed by atoms with Crippen LogP contribution in [0.5, 0.6) is 5.88 Å². The normalized spacial score (nSPS) is 13.3. The summed E-state index contributed by atoms with van der Waals surface area (Å²) in [5.74, 6) is 0.523. The lowest BCUT2D eigenvalue weighted by molar-refractivity contribution is 0.0706. The van der Waals surface area contributed by atoms with Crippen LogP contribution in [0.15, 0.2) is 53.5 Å². The second-order valence-corrected chi connectivity index (χ2v) is 7.06. The molecule has 0 atom stereocenters. The summed E-state index contributed by atoms with van der Waals surface area (Å²) >= 11 is 0. The van der Waals surface area contributed by atoms with Gasteiger partial charge in [0.05, 0.1) is 18.8 Å². The van der Waals surface area contributed by atoms with Gasteiger partial charge >= 0.3 is 0 Å². The van der Waals surface area contributed by atoms with E-state index < -0.39 is 0 Å². The molecule has 0 bridgehead atoms. The van der Waals surface area contributed by atoms with E-state index in [4.69, 9.17) is 4.74 Å². The maximum Gasteiger partial charge on any atom is 0.254 e. The molecular weight excluding hydrogens is 356 g/mol. The van der Waals surface area contributed by atoms with Crippen molar-refractivity contribution in [3.63, 3.8) is 0 Å². The van der Waals surface area contributed by atoms with Crippen LogP contribution >= 0.6 is 0 Å². The average Bonchev–Trinajstić information content (AvgIpc) is 3.11. The smallest absolute Gasteiger partial charge is 0.254 e. The van der Waals surface area contributed by atoms with E-state index in [1.165, 1.54) is 4.57 Å². The van der Waals surface area contributed by atoms with E-state index in [9.17, 15) is 9.59 Å². The monoisotopic (exact) mass is 378 g/mol. The molecule has 0 spiro atoms. The van der Waals surface area contributed by atoms with Crippen LogP contribution in [-0.2, 0) is 26.7 Å². The molecule has 1 amide bonds. The molecule has 0 radical (unpaired) electrons. The Hall–Kier alpha value is -3.35. The van der Waals surface area contributed by atoms with Crippen LogP contribution in [0.4, 0.5) is 0 Å². The number of amides is 1. The number of fused-ring (bicyclic) bond motifs is 1. The van der Waals surface area contributed by atoms with Gasteiger partial charge in [-0.15, -0.1) is 5.10 Å². The molecule has 0 saturated heterocycles. The standard InChI is InChI=1S/C21H22N4O3/c1-15-3-5-17(6-4-15)21(27)24-9-10-25-18(13-24)12-19(22-25)28-14-16-7-8-23(2)20(26)11-16/h3-8,11-12H,9-10,13-14H2,1-2H3. The topological polar surface area (TPSA) is 69.4 Å². The predicted molar refractivity (Wildman–Crippen MR) is 104 cm³/mol. The highest BCUT2D eigenvalue weighted by molar-refractivity contribution is 5.94. The van der Waals surface area contributed by atoms with Crippen molar-refractivity contribution in [3.05, 3.63) is 81.4 Å². The van der Waals surface area contributed by atoms with Crippen LogP contribution < -0.4 is 10.3 Å². The van der Waals surface area contributed by atoms with Gasteiger partial charge in [0.15, 0.2) is 0 Å². The van der Waals surface area contributed by atoms with E-state index in [0.717, 1.165) is 16.8 Å². The number of carbonyl (C=O) groups excluding carboxylic acids is 1. The number of rotatable bonds is 4. The molecule has 7 nitrogen and oxygen atoms in total. The van der Waals surface area contributed by atoms with Crippen molar-refractivity contribution >= 4 is 5.91 Å². The Morgan fingerprint density at radius 1 is 1.14 bits per heavy atom. The lowest BCUT2D eigenvalue weighted by Gasteiger charge is -2.27. The number of aryl methyl sites for hydroxylation is 2. The van der Waals surface area contributed by atoms with Crippen LogP contribution in [0.3, 0.4) is 0 Å². The lowest BCUT2D eigenvalue weighted by Crippen LogP contribution is -2.38. The van der Waals surface area contributed by atoms with E-state index in [0.29, 0.717) is 31.1 Å². The number of benzene rings is 1. The van der Waals surface area contributed by atoms with Gasteiger partial charge in [0.1, 0.15) is 6.61 Å². The zero-order valence-corrected chi connectivity index (χ0v) is 16.0. The van der Waals surface area contributed by atoms with Gasteiger partial charge in [0, 0.05) is 37.5 Å². The van der Waals surface area contributed by atoms with Gasteiger partial charge in [-0.25, -0.2) is 0 Å². The molecule has 0 N–H and O–H groups in total. The Bertz CT molecular complexity index is 1070. The second-order valence-electron chi connectivity index (χ2n) is 7.06. The average molecular weight is 378 g/mol. The van der Waals surface area contributed by atoms with Crippen molar-refractivity contribution in [2.75, 3.05) is 6.54 Å². The Morgan fingerprint density at radius 2 is 1.93 bits per heavy atom. The number of nitrogens with zero attached hydrogens (tertiary/aromatic N) is 4. The van der Waals surface area contributed by atoms with Crippen molar-refractivity contribution in [1.29, 1.82) is 0 Å². The Morgan fingerprint density at radius 3 is 2.68 bits per heavy atom. The molecule has 144 valence electrons. The third-order valence-electron chi connectivity index (χ3n) is 4.92.